The van der Waals surface area contributed by atoms with Crippen molar-refractivity contribution in [1.82, 2.24) is 4.90 Å². The Hall–Kier alpha value is -1.55. The molecule has 2 aromatic carbocycles. The van der Waals surface area contributed by atoms with Gasteiger partial charge in [-0.05, 0) is 54.4 Å². The Morgan fingerprint density at radius 2 is 1.60 bits per heavy atom. The fraction of sp³-hybridized carbons (Fsp3) is 0.429. The van der Waals surface area contributed by atoms with Crippen molar-refractivity contribution < 1.29 is 9.84 Å². The molecule has 0 saturated heterocycles. The van der Waals surface area contributed by atoms with Crippen LogP contribution in [0.2, 0.25) is 5.02 Å². The first-order chi connectivity index (χ1) is 12.0. The SMILES string of the molecule is CCN(CC)CC(C)C(O)c1ccc(OCc2ccc(Cl)cc2)cc1. The summed E-state index contributed by atoms with van der Waals surface area (Å²) in [4.78, 5) is 2.33. The number of rotatable bonds is 9. The van der Waals surface area contributed by atoms with Crippen LogP contribution in [0.5, 0.6) is 5.75 Å². The van der Waals surface area contributed by atoms with Gasteiger partial charge in [0.15, 0.2) is 0 Å². The minimum absolute atomic E-state index is 0.181. The number of halogens is 1. The number of nitrogens with zero attached hydrogens (tertiary/aromatic N) is 1. The van der Waals surface area contributed by atoms with E-state index >= 15 is 0 Å². The topological polar surface area (TPSA) is 32.7 Å². The molecule has 0 fully saturated rings. The normalized spacial score (nSPS) is 13.7. The number of aliphatic hydroxyl groups is 1. The second kappa shape index (κ2) is 9.81. The van der Waals surface area contributed by atoms with Crippen molar-refractivity contribution in [2.45, 2.75) is 33.5 Å². The average Bonchev–Trinajstić information content (AvgIpc) is 2.65. The quantitative estimate of drug-likeness (QED) is 0.687. The van der Waals surface area contributed by atoms with Gasteiger partial charge in [0.1, 0.15) is 12.4 Å². The second-order valence-corrected chi connectivity index (χ2v) is 6.83. The number of hydrogen-bond donors (Lipinski definition) is 1. The van der Waals surface area contributed by atoms with E-state index in [-0.39, 0.29) is 5.92 Å². The molecule has 2 unspecified atom stereocenters. The molecule has 3 nitrogen and oxygen atoms in total. The van der Waals surface area contributed by atoms with Gasteiger partial charge >= 0.3 is 0 Å². The molecule has 0 aliphatic rings. The summed E-state index contributed by atoms with van der Waals surface area (Å²) in [6.45, 7) is 9.79. The van der Waals surface area contributed by atoms with Crippen LogP contribution in [-0.4, -0.2) is 29.6 Å². The Kier molecular flexibility index (Phi) is 7.76. The van der Waals surface area contributed by atoms with Crippen LogP contribution in [-0.2, 0) is 6.61 Å². The molecule has 0 radical (unpaired) electrons. The highest BCUT2D eigenvalue weighted by molar-refractivity contribution is 6.30. The second-order valence-electron chi connectivity index (χ2n) is 6.39. The summed E-state index contributed by atoms with van der Waals surface area (Å²) in [7, 11) is 0. The van der Waals surface area contributed by atoms with Crippen molar-refractivity contribution in [3.05, 3.63) is 64.7 Å². The Morgan fingerprint density at radius 3 is 2.16 bits per heavy atom. The van der Waals surface area contributed by atoms with Gasteiger partial charge in [0.25, 0.3) is 0 Å². The first-order valence-electron chi connectivity index (χ1n) is 8.91. The Morgan fingerprint density at radius 1 is 1.00 bits per heavy atom. The van der Waals surface area contributed by atoms with Crippen LogP contribution in [0.3, 0.4) is 0 Å². The summed E-state index contributed by atoms with van der Waals surface area (Å²) in [5, 5.41) is 11.3. The van der Waals surface area contributed by atoms with Crippen molar-refractivity contribution in [1.29, 1.82) is 0 Å². The number of aliphatic hydroxyl groups excluding tert-OH is 1. The highest BCUT2D eigenvalue weighted by atomic mass is 35.5. The van der Waals surface area contributed by atoms with E-state index in [2.05, 4.69) is 25.7 Å². The van der Waals surface area contributed by atoms with Crippen LogP contribution in [0.25, 0.3) is 0 Å². The van der Waals surface area contributed by atoms with E-state index in [0.29, 0.717) is 6.61 Å². The molecule has 0 aliphatic carbocycles. The van der Waals surface area contributed by atoms with Crippen LogP contribution in [0, 0.1) is 5.92 Å². The third kappa shape index (κ3) is 6.03. The maximum atomic E-state index is 10.6. The molecular weight excluding hydrogens is 334 g/mol. The van der Waals surface area contributed by atoms with E-state index in [0.717, 1.165) is 41.5 Å². The number of ether oxygens (including phenoxy) is 1. The van der Waals surface area contributed by atoms with Crippen LogP contribution >= 0.6 is 11.6 Å². The molecule has 0 heterocycles. The summed E-state index contributed by atoms with van der Waals surface area (Å²) < 4.78 is 5.79. The zero-order valence-corrected chi connectivity index (χ0v) is 16.0. The van der Waals surface area contributed by atoms with Crippen molar-refractivity contribution in [3.8, 4) is 5.75 Å². The monoisotopic (exact) mass is 361 g/mol. The van der Waals surface area contributed by atoms with Crippen LogP contribution in [0.1, 0.15) is 38.0 Å². The largest absolute Gasteiger partial charge is 0.489 e. The van der Waals surface area contributed by atoms with Gasteiger partial charge in [-0.1, -0.05) is 56.6 Å². The molecule has 1 N–H and O–H groups in total. The molecule has 0 saturated carbocycles. The lowest BCUT2D eigenvalue weighted by molar-refractivity contribution is 0.0910. The Balaban J connectivity index is 1.90. The van der Waals surface area contributed by atoms with E-state index in [1.54, 1.807) is 0 Å². The third-order valence-electron chi connectivity index (χ3n) is 4.52. The lowest BCUT2D eigenvalue weighted by Gasteiger charge is -2.26. The molecule has 2 rings (SSSR count). The fourth-order valence-electron chi connectivity index (χ4n) is 2.83. The van der Waals surface area contributed by atoms with E-state index in [9.17, 15) is 5.11 Å². The first-order valence-corrected chi connectivity index (χ1v) is 9.28. The van der Waals surface area contributed by atoms with E-state index in [1.165, 1.54) is 0 Å². The number of benzene rings is 2. The Labute approximate surface area is 156 Å². The molecule has 136 valence electrons. The molecular formula is C21H28ClNO2. The molecule has 25 heavy (non-hydrogen) atoms. The van der Waals surface area contributed by atoms with Gasteiger partial charge in [0.05, 0.1) is 6.10 Å². The van der Waals surface area contributed by atoms with Crippen molar-refractivity contribution in [2.75, 3.05) is 19.6 Å². The van der Waals surface area contributed by atoms with Crippen molar-refractivity contribution >= 4 is 11.6 Å². The van der Waals surface area contributed by atoms with Crippen LogP contribution in [0.4, 0.5) is 0 Å². The predicted molar refractivity (Wildman–Crippen MR) is 104 cm³/mol. The molecule has 4 heteroatoms. The summed E-state index contributed by atoms with van der Waals surface area (Å²) in [6.07, 6.45) is -0.467. The molecule has 2 atom stereocenters. The highest BCUT2D eigenvalue weighted by Crippen LogP contribution is 2.25. The number of hydrogen-bond acceptors (Lipinski definition) is 3. The van der Waals surface area contributed by atoms with Gasteiger partial charge in [-0.15, -0.1) is 0 Å². The molecule has 0 aliphatic heterocycles. The zero-order chi connectivity index (χ0) is 18.2. The molecule has 0 aromatic heterocycles. The first kappa shape index (κ1) is 19.8. The van der Waals surface area contributed by atoms with E-state index in [1.807, 2.05) is 48.5 Å². The standard InChI is InChI=1S/C21H28ClNO2/c1-4-23(5-2)14-16(3)21(24)18-8-12-20(13-9-18)25-15-17-6-10-19(22)11-7-17/h6-13,16,21,24H,4-5,14-15H2,1-3H3. The average molecular weight is 362 g/mol. The summed E-state index contributed by atoms with van der Waals surface area (Å²) >= 11 is 5.88. The molecule has 0 spiro atoms. The van der Waals surface area contributed by atoms with Crippen molar-refractivity contribution in [3.63, 3.8) is 0 Å². The third-order valence-corrected chi connectivity index (χ3v) is 4.77. The minimum Gasteiger partial charge on any atom is -0.489 e. The smallest absolute Gasteiger partial charge is 0.119 e. The predicted octanol–water partition coefficient (Wildman–Crippen LogP) is 4.93. The molecule has 0 bridgehead atoms. The van der Waals surface area contributed by atoms with Gasteiger partial charge in [-0.25, -0.2) is 0 Å². The van der Waals surface area contributed by atoms with Gasteiger partial charge in [-0.2, -0.15) is 0 Å². The van der Waals surface area contributed by atoms with Gasteiger partial charge < -0.3 is 14.7 Å². The van der Waals surface area contributed by atoms with E-state index < -0.39 is 6.10 Å². The summed E-state index contributed by atoms with van der Waals surface area (Å²) in [6, 6.07) is 15.3. The van der Waals surface area contributed by atoms with Crippen LogP contribution < -0.4 is 4.74 Å². The minimum atomic E-state index is -0.467. The maximum Gasteiger partial charge on any atom is 0.119 e. The lowest BCUT2D eigenvalue weighted by atomic mass is 9.97. The summed E-state index contributed by atoms with van der Waals surface area (Å²) in [5.41, 5.74) is 2.00. The van der Waals surface area contributed by atoms with Gasteiger partial charge in [0, 0.05) is 11.6 Å². The fourth-order valence-corrected chi connectivity index (χ4v) is 2.95. The zero-order valence-electron chi connectivity index (χ0n) is 15.3. The summed E-state index contributed by atoms with van der Waals surface area (Å²) in [5.74, 6) is 0.975. The van der Waals surface area contributed by atoms with Gasteiger partial charge in [-0.3, -0.25) is 0 Å². The van der Waals surface area contributed by atoms with Crippen molar-refractivity contribution in [2.24, 2.45) is 5.92 Å². The molecule has 2 aromatic rings. The maximum absolute atomic E-state index is 10.6. The highest BCUT2D eigenvalue weighted by Gasteiger charge is 2.18. The Bertz CT molecular complexity index is 623. The molecule has 0 amide bonds. The van der Waals surface area contributed by atoms with Gasteiger partial charge in [0.2, 0.25) is 0 Å². The lowest BCUT2D eigenvalue weighted by Crippen LogP contribution is -2.30. The van der Waals surface area contributed by atoms with E-state index in [4.69, 9.17) is 16.3 Å². The van der Waals surface area contributed by atoms with Crippen LogP contribution in [0.15, 0.2) is 48.5 Å².